The molecule has 0 bridgehead atoms. The van der Waals surface area contributed by atoms with Crippen LogP contribution in [0.2, 0.25) is 0 Å². The zero-order valence-corrected chi connectivity index (χ0v) is 5.45. The van der Waals surface area contributed by atoms with Gasteiger partial charge in [0.05, 0.1) is 13.3 Å². The third kappa shape index (κ3) is 3.92. The van der Waals surface area contributed by atoms with Crippen molar-refractivity contribution in [2.24, 2.45) is 0 Å². The van der Waals surface area contributed by atoms with Gasteiger partial charge < -0.3 is 4.74 Å². The van der Waals surface area contributed by atoms with Crippen molar-refractivity contribution >= 4 is 6.04 Å². The van der Waals surface area contributed by atoms with Gasteiger partial charge in [-0.25, -0.2) is 0 Å². The van der Waals surface area contributed by atoms with Crippen LogP contribution in [0.5, 0.6) is 0 Å². The molecule has 66 valence electrons. The van der Waals surface area contributed by atoms with E-state index in [1.54, 1.807) is 0 Å². The molecule has 0 aromatic heterocycles. The lowest BCUT2D eigenvalue weighted by atomic mass is 10.5. The molecule has 0 saturated heterocycles. The van der Waals surface area contributed by atoms with Crippen LogP contribution >= 0.6 is 0 Å². The van der Waals surface area contributed by atoms with Crippen LogP contribution < -0.4 is 0 Å². The molecule has 0 saturated carbocycles. The number of ether oxygens (including phenoxy) is 1. The fourth-order valence-electron chi connectivity index (χ4n) is 0.312. The Morgan fingerprint density at radius 2 is 2.00 bits per heavy atom. The van der Waals surface area contributed by atoms with E-state index in [0.29, 0.717) is 0 Å². The molecule has 0 N–H and O–H groups in total. The van der Waals surface area contributed by atoms with Gasteiger partial charge in [0.25, 0.3) is 0 Å². The molecule has 11 heavy (non-hydrogen) atoms. The molecule has 0 amide bonds. The van der Waals surface area contributed by atoms with E-state index < -0.39 is 25.4 Å². The van der Waals surface area contributed by atoms with Crippen molar-refractivity contribution in [1.82, 2.24) is 0 Å². The van der Waals surface area contributed by atoms with E-state index in [1.807, 2.05) is 0 Å². The van der Waals surface area contributed by atoms with E-state index in [4.69, 9.17) is 0 Å². The number of rotatable bonds is 5. The molecule has 0 aliphatic rings. The minimum absolute atomic E-state index is 0.289. The molecule has 0 spiro atoms. The van der Waals surface area contributed by atoms with Gasteiger partial charge in [-0.3, -0.25) is 9.18 Å². The highest BCUT2D eigenvalue weighted by Crippen LogP contribution is 2.17. The molecular weight excluding hydrogens is 168 g/mol. The summed E-state index contributed by atoms with van der Waals surface area (Å²) in [5, 5.41) is 0. The lowest BCUT2D eigenvalue weighted by molar-refractivity contribution is -0.239. The number of alkyl halides is 3. The fourth-order valence-corrected chi connectivity index (χ4v) is 0.312. The Kier molecular flexibility index (Phi) is 4.02. The number of hydrogen-bond acceptors (Lipinski definition) is 2. The molecule has 0 aromatic carbocycles. The average molecular weight is 174 g/mol. The fraction of sp³-hybridized carbons (Fsp3) is 0.800. The maximum absolute atomic E-state index is 11.8. The Bertz CT molecular complexity index is 136. The third-order valence-corrected chi connectivity index (χ3v) is 0.790. The summed E-state index contributed by atoms with van der Waals surface area (Å²) in [7, 11) is 0. The monoisotopic (exact) mass is 174 g/mol. The van der Waals surface area contributed by atoms with E-state index in [2.05, 4.69) is 4.74 Å². The summed E-state index contributed by atoms with van der Waals surface area (Å²) in [6, 6.07) is -2.86. The lowest BCUT2D eigenvalue weighted by Crippen LogP contribution is -2.29. The summed E-state index contributed by atoms with van der Waals surface area (Å²) in [5.41, 5.74) is 0. The molecule has 6 heteroatoms. The molecule has 0 aliphatic heterocycles. The van der Waals surface area contributed by atoms with Crippen LogP contribution in [0.4, 0.5) is 17.6 Å². The van der Waals surface area contributed by atoms with Crippen LogP contribution in [0, 0.1) is 0 Å². The minimum Gasteiger partial charge on any atom is -0.312 e. The van der Waals surface area contributed by atoms with E-state index >= 15 is 0 Å². The average Bonchev–Trinajstić information content (AvgIpc) is 1.88. The van der Waals surface area contributed by atoms with Gasteiger partial charge in [0.1, 0.15) is 0 Å². The van der Waals surface area contributed by atoms with Gasteiger partial charge in [-0.05, 0) is 6.42 Å². The quantitative estimate of drug-likeness (QED) is 0.358. The third-order valence-electron chi connectivity index (χ3n) is 0.790. The minimum atomic E-state index is -4.42. The summed E-state index contributed by atoms with van der Waals surface area (Å²) in [6.45, 7) is -1.53. The Balaban J connectivity index is 3.64. The predicted molar refractivity (Wildman–Crippen MR) is 27.6 cm³/mol. The van der Waals surface area contributed by atoms with Crippen molar-refractivity contribution in [3.8, 4) is 0 Å². The highest BCUT2D eigenvalue weighted by Gasteiger charge is 2.40. The molecule has 0 fully saturated rings. The molecule has 0 heterocycles. The van der Waals surface area contributed by atoms with Gasteiger partial charge in [0.2, 0.25) is 0 Å². The van der Waals surface area contributed by atoms with Gasteiger partial charge in [-0.1, -0.05) is 0 Å². The van der Waals surface area contributed by atoms with Crippen LogP contribution in [0.1, 0.15) is 6.42 Å². The zero-order chi connectivity index (χ0) is 8.91. The number of hydrogen-bond donors (Lipinski definition) is 0. The Labute approximate surface area is 60.1 Å². The first-order valence-electron chi connectivity index (χ1n) is 2.78. The summed E-state index contributed by atoms with van der Waals surface area (Å²) in [5.74, 6) is 0. The molecule has 0 unspecified atom stereocenters. The Morgan fingerprint density at radius 3 is 2.36 bits per heavy atom. The maximum Gasteiger partial charge on any atom is 0.448 e. The van der Waals surface area contributed by atoms with Crippen LogP contribution in [0.3, 0.4) is 0 Å². The normalized spacial score (nSPS) is 11.6. The zero-order valence-electron chi connectivity index (χ0n) is 5.45. The summed E-state index contributed by atoms with van der Waals surface area (Å²) >= 11 is 0. The second-order valence-corrected chi connectivity index (χ2v) is 1.68. The highest BCUT2D eigenvalue weighted by molar-refractivity contribution is 5.74. The van der Waals surface area contributed by atoms with Gasteiger partial charge in [-0.15, -0.1) is 0 Å². The smallest absolute Gasteiger partial charge is 0.312 e. The SMILES string of the molecule is O=C(F)C(F)(F)OCCCF. The molecule has 2 nitrogen and oxygen atoms in total. The van der Waals surface area contributed by atoms with Crippen LogP contribution in [0.25, 0.3) is 0 Å². The van der Waals surface area contributed by atoms with E-state index in [9.17, 15) is 22.4 Å². The predicted octanol–water partition coefficient (Wildman–Crippen LogP) is 1.45. The highest BCUT2D eigenvalue weighted by atomic mass is 19.3. The summed E-state index contributed by atoms with van der Waals surface area (Å²) in [4.78, 5) is 9.42. The number of carbonyl (C=O) groups excluding carboxylic acids is 1. The second kappa shape index (κ2) is 4.27. The van der Waals surface area contributed by atoms with E-state index in [1.165, 1.54) is 0 Å². The topological polar surface area (TPSA) is 26.3 Å². The summed E-state index contributed by atoms with van der Waals surface area (Å²) < 4.78 is 49.6. The lowest BCUT2D eigenvalue weighted by Gasteiger charge is -2.09. The van der Waals surface area contributed by atoms with Gasteiger partial charge in [0, 0.05) is 0 Å². The van der Waals surface area contributed by atoms with Crippen molar-refractivity contribution in [3.05, 3.63) is 0 Å². The second-order valence-electron chi connectivity index (χ2n) is 1.68. The number of halogens is 4. The Hall–Kier alpha value is -0.650. The van der Waals surface area contributed by atoms with Crippen LogP contribution in [-0.2, 0) is 9.53 Å². The van der Waals surface area contributed by atoms with Gasteiger partial charge >= 0.3 is 12.1 Å². The molecule has 0 aliphatic carbocycles. The van der Waals surface area contributed by atoms with Crippen LogP contribution in [0.15, 0.2) is 0 Å². The first-order chi connectivity index (χ1) is 5.00. The van der Waals surface area contributed by atoms with Gasteiger partial charge in [-0.2, -0.15) is 13.2 Å². The molecule has 0 rings (SSSR count). The van der Waals surface area contributed by atoms with Crippen molar-refractivity contribution in [2.45, 2.75) is 12.5 Å². The number of carbonyl (C=O) groups is 1. The van der Waals surface area contributed by atoms with E-state index in [0.717, 1.165) is 0 Å². The maximum atomic E-state index is 11.8. The van der Waals surface area contributed by atoms with Gasteiger partial charge in [0.15, 0.2) is 0 Å². The first kappa shape index (κ1) is 10.3. The van der Waals surface area contributed by atoms with E-state index in [-0.39, 0.29) is 6.42 Å². The van der Waals surface area contributed by atoms with Crippen LogP contribution in [-0.4, -0.2) is 25.4 Å². The van der Waals surface area contributed by atoms with Crippen molar-refractivity contribution in [1.29, 1.82) is 0 Å². The van der Waals surface area contributed by atoms with Crippen molar-refractivity contribution in [3.63, 3.8) is 0 Å². The largest absolute Gasteiger partial charge is 0.448 e. The first-order valence-corrected chi connectivity index (χ1v) is 2.78. The van der Waals surface area contributed by atoms with Crippen molar-refractivity contribution < 1.29 is 27.1 Å². The summed E-state index contributed by atoms with van der Waals surface area (Å²) in [6.07, 6.45) is -4.71. The molecule has 0 radical (unpaired) electrons. The molecular formula is C5H6F4O2. The van der Waals surface area contributed by atoms with Crippen molar-refractivity contribution in [2.75, 3.05) is 13.3 Å². The standard InChI is InChI=1S/C5H6F4O2/c6-2-1-3-11-5(8,9)4(7)10/h1-3H2. The molecule has 0 atom stereocenters. The molecule has 0 aromatic rings. The Morgan fingerprint density at radius 1 is 1.45 bits per heavy atom.